The van der Waals surface area contributed by atoms with E-state index in [9.17, 15) is 13.2 Å². The highest BCUT2D eigenvalue weighted by molar-refractivity contribution is 7.91. The molecule has 2 aromatic heterocycles. The molecule has 1 amide bonds. The van der Waals surface area contributed by atoms with Crippen LogP contribution < -0.4 is 5.32 Å². The monoisotopic (exact) mass is 396 g/mol. The van der Waals surface area contributed by atoms with E-state index in [1.165, 1.54) is 15.6 Å². The van der Waals surface area contributed by atoms with Gasteiger partial charge in [-0.25, -0.2) is 13.1 Å². The lowest BCUT2D eigenvalue weighted by molar-refractivity contribution is -0.115. The molecule has 0 radical (unpaired) electrons. The van der Waals surface area contributed by atoms with Crippen molar-refractivity contribution >= 4 is 33.1 Å². The Morgan fingerprint density at radius 1 is 1.31 bits per heavy atom. The fourth-order valence-corrected chi connectivity index (χ4v) is 5.96. The highest BCUT2D eigenvalue weighted by Crippen LogP contribution is 2.28. The zero-order valence-electron chi connectivity index (χ0n) is 15.0. The fraction of sp³-hybridized carbons (Fsp3) is 0.529. The van der Waals surface area contributed by atoms with Gasteiger partial charge in [-0.3, -0.25) is 4.79 Å². The molecular formula is C17H24N4O3S2. The van der Waals surface area contributed by atoms with Crippen molar-refractivity contribution in [3.8, 4) is 0 Å². The van der Waals surface area contributed by atoms with Gasteiger partial charge in [0.15, 0.2) is 0 Å². The molecule has 1 unspecified atom stereocenters. The number of sulfonamides is 1. The molecule has 1 N–H and O–H groups in total. The van der Waals surface area contributed by atoms with E-state index < -0.39 is 10.0 Å². The van der Waals surface area contributed by atoms with Gasteiger partial charge in [0.2, 0.25) is 5.91 Å². The van der Waals surface area contributed by atoms with Crippen molar-refractivity contribution in [2.75, 3.05) is 18.4 Å². The van der Waals surface area contributed by atoms with E-state index in [2.05, 4.69) is 17.3 Å². The summed E-state index contributed by atoms with van der Waals surface area (Å²) in [5, 5.41) is 7.11. The van der Waals surface area contributed by atoms with Gasteiger partial charge < -0.3 is 5.32 Å². The van der Waals surface area contributed by atoms with Gasteiger partial charge in [0.1, 0.15) is 10.0 Å². The minimum Gasteiger partial charge on any atom is -0.311 e. The molecule has 1 aliphatic heterocycles. The molecule has 0 saturated carbocycles. The first-order chi connectivity index (χ1) is 12.4. The Morgan fingerprint density at radius 2 is 2.04 bits per heavy atom. The summed E-state index contributed by atoms with van der Waals surface area (Å²) in [5.41, 5.74) is 0. The quantitative estimate of drug-likeness (QED) is 0.780. The molecule has 1 fully saturated rings. The number of hydrogen-bond donors (Lipinski definition) is 1. The van der Waals surface area contributed by atoms with Crippen LogP contribution in [0.1, 0.15) is 44.0 Å². The van der Waals surface area contributed by atoms with Gasteiger partial charge in [0, 0.05) is 24.0 Å². The maximum Gasteiger partial charge on any atom is 0.252 e. The van der Waals surface area contributed by atoms with Crippen molar-refractivity contribution in [3.63, 3.8) is 0 Å². The van der Waals surface area contributed by atoms with Crippen LogP contribution >= 0.6 is 11.3 Å². The Labute approximate surface area is 158 Å². The number of hydrogen-bond acceptors (Lipinski definition) is 5. The van der Waals surface area contributed by atoms with Crippen LogP contribution in [0.15, 0.2) is 28.6 Å². The molecule has 26 heavy (non-hydrogen) atoms. The number of carbonyl (C=O) groups excluding carboxylic acids is 1. The van der Waals surface area contributed by atoms with Crippen molar-refractivity contribution in [2.45, 2.75) is 49.8 Å². The number of nitrogens with one attached hydrogen (secondary N) is 1. The standard InChI is InChI=1S/C17H24N4O3S2/c1-3-13(2)21-15(8-9-18-21)19-16(22)12-14-6-7-17(25-14)26(23,24)20-10-4-5-11-20/h6-9,13H,3-5,10-12H2,1-2H3,(H,19,22). The molecule has 1 saturated heterocycles. The van der Waals surface area contributed by atoms with Crippen LogP contribution in [0.3, 0.4) is 0 Å². The van der Waals surface area contributed by atoms with Crippen LogP contribution in [0, 0.1) is 0 Å². The molecule has 7 nitrogen and oxygen atoms in total. The molecule has 2 aromatic rings. The highest BCUT2D eigenvalue weighted by Gasteiger charge is 2.28. The van der Waals surface area contributed by atoms with Crippen LogP contribution in [0.25, 0.3) is 0 Å². The van der Waals surface area contributed by atoms with E-state index >= 15 is 0 Å². The Hall–Kier alpha value is -1.71. The molecule has 0 bridgehead atoms. The van der Waals surface area contributed by atoms with Gasteiger partial charge >= 0.3 is 0 Å². The second kappa shape index (κ2) is 7.89. The summed E-state index contributed by atoms with van der Waals surface area (Å²) in [6, 6.07) is 5.28. The van der Waals surface area contributed by atoms with E-state index in [-0.39, 0.29) is 18.4 Å². The largest absolute Gasteiger partial charge is 0.311 e. The Kier molecular flexibility index (Phi) is 5.79. The summed E-state index contributed by atoms with van der Waals surface area (Å²) in [5.74, 6) is 0.479. The second-order valence-corrected chi connectivity index (χ2v) is 9.81. The highest BCUT2D eigenvalue weighted by atomic mass is 32.2. The molecule has 0 aromatic carbocycles. The van der Waals surface area contributed by atoms with E-state index in [1.54, 1.807) is 29.1 Å². The number of amides is 1. The molecule has 0 aliphatic carbocycles. The average Bonchev–Trinajstić information content (AvgIpc) is 3.35. The minimum absolute atomic E-state index is 0.145. The SMILES string of the molecule is CCC(C)n1nccc1NC(=O)Cc1ccc(S(=O)(=O)N2CCCC2)s1. The first-order valence-electron chi connectivity index (χ1n) is 8.84. The van der Waals surface area contributed by atoms with E-state index in [1.807, 2.05) is 6.92 Å². The zero-order valence-corrected chi connectivity index (χ0v) is 16.6. The predicted octanol–water partition coefficient (Wildman–Crippen LogP) is 2.88. The summed E-state index contributed by atoms with van der Waals surface area (Å²) in [7, 11) is -3.42. The summed E-state index contributed by atoms with van der Waals surface area (Å²) < 4.78 is 28.8. The van der Waals surface area contributed by atoms with Gasteiger partial charge in [-0.05, 0) is 38.3 Å². The maximum atomic E-state index is 12.6. The Bertz CT molecular complexity index is 866. The summed E-state index contributed by atoms with van der Waals surface area (Å²) >= 11 is 1.17. The number of thiophene rings is 1. The van der Waals surface area contributed by atoms with E-state index in [0.717, 1.165) is 24.1 Å². The van der Waals surface area contributed by atoms with Gasteiger partial charge in [-0.1, -0.05) is 6.92 Å². The third-order valence-corrected chi connectivity index (χ3v) is 8.03. The minimum atomic E-state index is -3.42. The zero-order chi connectivity index (χ0) is 18.7. The summed E-state index contributed by atoms with van der Waals surface area (Å²) in [6.45, 7) is 5.26. The topological polar surface area (TPSA) is 84.3 Å². The van der Waals surface area contributed by atoms with Crippen molar-refractivity contribution < 1.29 is 13.2 Å². The smallest absolute Gasteiger partial charge is 0.252 e. The Morgan fingerprint density at radius 3 is 2.73 bits per heavy atom. The van der Waals surface area contributed by atoms with Gasteiger partial charge in [-0.2, -0.15) is 9.40 Å². The lowest BCUT2D eigenvalue weighted by atomic mass is 10.3. The van der Waals surface area contributed by atoms with Crippen molar-refractivity contribution in [1.82, 2.24) is 14.1 Å². The molecule has 3 heterocycles. The van der Waals surface area contributed by atoms with E-state index in [0.29, 0.717) is 23.1 Å². The Balaban J connectivity index is 1.66. The second-order valence-electron chi connectivity index (χ2n) is 6.48. The molecular weight excluding hydrogens is 372 g/mol. The number of anilines is 1. The summed E-state index contributed by atoms with van der Waals surface area (Å²) in [6.07, 6.45) is 4.53. The van der Waals surface area contributed by atoms with Crippen LogP contribution in [-0.2, 0) is 21.2 Å². The molecule has 0 spiro atoms. The van der Waals surface area contributed by atoms with Crippen LogP contribution in [0.2, 0.25) is 0 Å². The fourth-order valence-electron chi connectivity index (χ4n) is 2.93. The first kappa shape index (κ1) is 19.1. The molecule has 1 aliphatic rings. The van der Waals surface area contributed by atoms with Crippen LogP contribution in [-0.4, -0.2) is 41.5 Å². The number of aromatic nitrogens is 2. The number of rotatable bonds is 7. The first-order valence-corrected chi connectivity index (χ1v) is 11.1. The lowest BCUT2D eigenvalue weighted by Gasteiger charge is -2.14. The summed E-state index contributed by atoms with van der Waals surface area (Å²) in [4.78, 5) is 13.1. The van der Waals surface area contributed by atoms with E-state index in [4.69, 9.17) is 0 Å². The average molecular weight is 397 g/mol. The van der Waals surface area contributed by atoms with Crippen LogP contribution in [0.5, 0.6) is 0 Å². The van der Waals surface area contributed by atoms with Crippen molar-refractivity contribution in [1.29, 1.82) is 0 Å². The molecule has 9 heteroatoms. The number of carbonyl (C=O) groups is 1. The van der Waals surface area contributed by atoms with Gasteiger partial charge in [0.05, 0.1) is 18.7 Å². The lowest BCUT2D eigenvalue weighted by Crippen LogP contribution is -2.27. The molecule has 3 rings (SSSR count). The molecule has 142 valence electrons. The molecule has 1 atom stereocenters. The van der Waals surface area contributed by atoms with Crippen molar-refractivity contribution in [2.24, 2.45) is 0 Å². The third-order valence-electron chi connectivity index (χ3n) is 4.58. The van der Waals surface area contributed by atoms with Crippen molar-refractivity contribution in [3.05, 3.63) is 29.3 Å². The van der Waals surface area contributed by atoms with Gasteiger partial charge in [0.25, 0.3) is 10.0 Å². The maximum absolute atomic E-state index is 12.6. The number of nitrogens with zero attached hydrogens (tertiary/aromatic N) is 3. The van der Waals surface area contributed by atoms with Gasteiger partial charge in [-0.15, -0.1) is 11.3 Å². The predicted molar refractivity (Wildman–Crippen MR) is 102 cm³/mol. The third kappa shape index (κ3) is 3.99. The van der Waals surface area contributed by atoms with Crippen LogP contribution in [0.4, 0.5) is 5.82 Å². The normalized spacial score (nSPS) is 16.7.